The third kappa shape index (κ3) is 3.97. The van der Waals surface area contributed by atoms with Gasteiger partial charge in [0.15, 0.2) is 6.04 Å². The van der Waals surface area contributed by atoms with Crippen molar-refractivity contribution in [2.75, 3.05) is 25.5 Å². The number of likely N-dealkylation sites (tertiary alicyclic amines) is 1. The molecule has 0 saturated carbocycles. The van der Waals surface area contributed by atoms with E-state index in [1.54, 1.807) is 7.11 Å². The van der Waals surface area contributed by atoms with Gasteiger partial charge in [0.2, 0.25) is 0 Å². The minimum absolute atomic E-state index is 0.0253. The van der Waals surface area contributed by atoms with Crippen LogP contribution in [-0.4, -0.2) is 32.1 Å². The lowest BCUT2D eigenvalue weighted by Gasteiger charge is -2.31. The van der Waals surface area contributed by atoms with Crippen LogP contribution in [0.25, 0.3) is 0 Å². The monoisotopic (exact) mass is 291 g/mol. The van der Waals surface area contributed by atoms with Gasteiger partial charge in [-0.2, -0.15) is 0 Å². The molecule has 0 spiro atoms. The fourth-order valence-corrected chi connectivity index (χ4v) is 2.91. The first kappa shape index (κ1) is 15.8. The lowest BCUT2D eigenvalue weighted by atomic mass is 9.98. The van der Waals surface area contributed by atoms with E-state index in [2.05, 4.69) is 12.2 Å². The molecule has 1 amide bonds. The van der Waals surface area contributed by atoms with Crippen molar-refractivity contribution in [2.45, 2.75) is 39.7 Å². The van der Waals surface area contributed by atoms with E-state index in [0.29, 0.717) is 5.75 Å². The number of rotatable bonds is 4. The van der Waals surface area contributed by atoms with Gasteiger partial charge in [-0.15, -0.1) is 0 Å². The molecule has 2 rings (SSSR count). The molecule has 4 nitrogen and oxygen atoms in total. The Morgan fingerprint density at radius 2 is 2.05 bits per heavy atom. The Hall–Kier alpha value is -1.55. The van der Waals surface area contributed by atoms with Gasteiger partial charge in [0, 0.05) is 0 Å². The number of nitrogens with one attached hydrogen (secondary N) is 2. The van der Waals surface area contributed by atoms with Gasteiger partial charge >= 0.3 is 0 Å². The first-order chi connectivity index (χ1) is 10.0. The van der Waals surface area contributed by atoms with Gasteiger partial charge in [-0.05, 0) is 50.3 Å². The Bertz CT molecular complexity index is 494. The summed E-state index contributed by atoms with van der Waals surface area (Å²) < 4.78 is 5.32. The van der Waals surface area contributed by atoms with Crippen LogP contribution in [0, 0.1) is 12.8 Å². The van der Waals surface area contributed by atoms with Crippen LogP contribution in [0.5, 0.6) is 5.75 Å². The molecule has 4 heteroatoms. The molecule has 0 aliphatic carbocycles. The SMILES string of the molecule is COc1ccc(C)cc1NC(=O)[C@@H](C)[NH+]1CCC(C)CC1. The maximum absolute atomic E-state index is 12.5. The van der Waals surface area contributed by atoms with Crippen LogP contribution in [0.1, 0.15) is 32.3 Å². The Kier molecular flexibility index (Phi) is 5.23. The number of hydrogen-bond acceptors (Lipinski definition) is 2. The van der Waals surface area contributed by atoms with Crippen molar-refractivity contribution in [1.82, 2.24) is 0 Å². The number of methoxy groups -OCH3 is 1. The van der Waals surface area contributed by atoms with E-state index in [-0.39, 0.29) is 11.9 Å². The molecule has 1 aliphatic rings. The minimum Gasteiger partial charge on any atom is -0.495 e. The summed E-state index contributed by atoms with van der Waals surface area (Å²) in [6.07, 6.45) is 2.42. The Balaban J connectivity index is 2.02. The van der Waals surface area contributed by atoms with E-state index in [9.17, 15) is 4.79 Å². The number of piperidine rings is 1. The van der Waals surface area contributed by atoms with Crippen LogP contribution in [0.2, 0.25) is 0 Å². The van der Waals surface area contributed by atoms with E-state index in [1.807, 2.05) is 32.0 Å². The Labute approximate surface area is 127 Å². The van der Waals surface area contributed by atoms with Gasteiger partial charge in [-0.25, -0.2) is 0 Å². The fourth-order valence-electron chi connectivity index (χ4n) is 2.91. The molecule has 116 valence electrons. The van der Waals surface area contributed by atoms with Crippen molar-refractivity contribution in [3.8, 4) is 5.75 Å². The van der Waals surface area contributed by atoms with Crippen molar-refractivity contribution < 1.29 is 14.4 Å². The number of aryl methyl sites for hydroxylation is 1. The van der Waals surface area contributed by atoms with Gasteiger partial charge < -0.3 is 15.0 Å². The summed E-state index contributed by atoms with van der Waals surface area (Å²) in [6.45, 7) is 8.49. The van der Waals surface area contributed by atoms with Crippen LogP contribution in [0.15, 0.2) is 18.2 Å². The molecule has 1 aromatic carbocycles. The summed E-state index contributed by atoms with van der Waals surface area (Å²) >= 11 is 0. The quantitative estimate of drug-likeness (QED) is 0.886. The second kappa shape index (κ2) is 6.94. The predicted molar refractivity (Wildman–Crippen MR) is 84.9 cm³/mol. The van der Waals surface area contributed by atoms with Crippen LogP contribution in [0.4, 0.5) is 5.69 Å². The summed E-state index contributed by atoms with van der Waals surface area (Å²) in [7, 11) is 1.63. The summed E-state index contributed by atoms with van der Waals surface area (Å²) in [5.41, 5.74) is 1.87. The number of amides is 1. The fraction of sp³-hybridized carbons (Fsp3) is 0.588. The predicted octanol–water partition coefficient (Wildman–Crippen LogP) is 1.65. The molecule has 0 aromatic heterocycles. The van der Waals surface area contributed by atoms with Crippen molar-refractivity contribution in [3.63, 3.8) is 0 Å². The molecule has 1 aliphatic heterocycles. The summed E-state index contributed by atoms with van der Waals surface area (Å²) in [5, 5.41) is 3.03. The molecule has 1 fully saturated rings. The second-order valence-corrected chi connectivity index (χ2v) is 6.26. The highest BCUT2D eigenvalue weighted by atomic mass is 16.5. The van der Waals surface area contributed by atoms with E-state index in [4.69, 9.17) is 4.74 Å². The maximum Gasteiger partial charge on any atom is 0.282 e. The standard InChI is InChI=1S/C17H26N2O2/c1-12-7-9-19(10-8-12)14(3)17(20)18-15-11-13(2)5-6-16(15)21-4/h5-6,11-12,14H,7-10H2,1-4H3,(H,18,20)/p+1/t14-/m1/s1. The van der Waals surface area contributed by atoms with Crippen LogP contribution >= 0.6 is 0 Å². The normalized spacial score (nSPS) is 23.4. The average molecular weight is 291 g/mol. The zero-order chi connectivity index (χ0) is 15.4. The van der Waals surface area contributed by atoms with Crippen molar-refractivity contribution in [2.24, 2.45) is 5.92 Å². The van der Waals surface area contributed by atoms with Gasteiger partial charge in [0.05, 0.1) is 25.9 Å². The molecular weight excluding hydrogens is 264 g/mol. The topological polar surface area (TPSA) is 42.8 Å². The molecule has 2 N–H and O–H groups in total. The van der Waals surface area contributed by atoms with E-state index in [0.717, 1.165) is 30.3 Å². The van der Waals surface area contributed by atoms with Gasteiger partial charge in [-0.1, -0.05) is 13.0 Å². The van der Waals surface area contributed by atoms with Crippen molar-refractivity contribution >= 4 is 11.6 Å². The first-order valence-electron chi connectivity index (χ1n) is 7.81. The number of ether oxygens (including phenoxy) is 1. The van der Waals surface area contributed by atoms with Gasteiger partial charge in [0.1, 0.15) is 5.75 Å². The zero-order valence-corrected chi connectivity index (χ0v) is 13.5. The highest BCUT2D eigenvalue weighted by Gasteiger charge is 2.29. The molecule has 1 saturated heterocycles. The molecular formula is C17H27N2O2+. The van der Waals surface area contributed by atoms with Gasteiger partial charge in [0.25, 0.3) is 5.91 Å². The number of hydrogen-bond donors (Lipinski definition) is 2. The van der Waals surface area contributed by atoms with E-state index >= 15 is 0 Å². The number of quaternary nitrogens is 1. The third-order valence-electron chi connectivity index (χ3n) is 4.54. The smallest absolute Gasteiger partial charge is 0.282 e. The van der Waals surface area contributed by atoms with Crippen LogP contribution in [0.3, 0.4) is 0 Å². The maximum atomic E-state index is 12.5. The highest BCUT2D eigenvalue weighted by Crippen LogP contribution is 2.25. The Morgan fingerprint density at radius 3 is 2.67 bits per heavy atom. The molecule has 0 bridgehead atoms. The summed E-state index contributed by atoms with van der Waals surface area (Å²) in [6, 6.07) is 5.81. The number of anilines is 1. The number of carbonyl (C=O) groups excluding carboxylic acids is 1. The van der Waals surface area contributed by atoms with E-state index < -0.39 is 0 Å². The summed E-state index contributed by atoms with van der Waals surface area (Å²) in [5.74, 6) is 1.58. The van der Waals surface area contributed by atoms with Crippen molar-refractivity contribution in [3.05, 3.63) is 23.8 Å². The lowest BCUT2D eigenvalue weighted by molar-refractivity contribution is -0.919. The Morgan fingerprint density at radius 1 is 1.38 bits per heavy atom. The largest absolute Gasteiger partial charge is 0.495 e. The molecule has 0 unspecified atom stereocenters. The van der Waals surface area contributed by atoms with Crippen molar-refractivity contribution in [1.29, 1.82) is 0 Å². The van der Waals surface area contributed by atoms with Crippen LogP contribution in [-0.2, 0) is 4.79 Å². The molecule has 21 heavy (non-hydrogen) atoms. The lowest BCUT2D eigenvalue weighted by Crippen LogP contribution is -3.17. The minimum atomic E-state index is -0.0253. The average Bonchev–Trinajstić information content (AvgIpc) is 2.47. The van der Waals surface area contributed by atoms with Gasteiger partial charge in [-0.3, -0.25) is 4.79 Å². The molecule has 1 atom stereocenters. The second-order valence-electron chi connectivity index (χ2n) is 6.26. The third-order valence-corrected chi connectivity index (χ3v) is 4.54. The molecule has 1 aromatic rings. The summed E-state index contributed by atoms with van der Waals surface area (Å²) in [4.78, 5) is 13.9. The number of benzene rings is 1. The highest BCUT2D eigenvalue weighted by molar-refractivity contribution is 5.95. The molecule has 1 heterocycles. The first-order valence-corrected chi connectivity index (χ1v) is 7.81. The molecule has 0 radical (unpaired) electrons. The number of carbonyl (C=O) groups is 1. The van der Waals surface area contributed by atoms with Crippen LogP contribution < -0.4 is 15.0 Å². The van der Waals surface area contributed by atoms with E-state index in [1.165, 1.54) is 17.7 Å². The zero-order valence-electron chi connectivity index (χ0n) is 13.5.